The van der Waals surface area contributed by atoms with Crippen LogP contribution in [-0.2, 0) is 4.74 Å². The summed E-state index contributed by atoms with van der Waals surface area (Å²) in [6.45, 7) is 10.3. The molecule has 3 rings (SSSR count). The lowest BCUT2D eigenvalue weighted by Crippen LogP contribution is -2.48. The Labute approximate surface area is 254 Å². The smallest absolute Gasteiger partial charge is 0.319 e. The number of fused-ring (bicyclic) bond motifs is 1. The van der Waals surface area contributed by atoms with Crippen LogP contribution in [0.3, 0.4) is 0 Å². The second-order valence-corrected chi connectivity index (χ2v) is 11.7. The predicted molar refractivity (Wildman–Crippen MR) is 165 cm³/mol. The van der Waals surface area contributed by atoms with Crippen molar-refractivity contribution in [3.63, 3.8) is 0 Å². The average Bonchev–Trinajstić information content (AvgIpc) is 2.98. The Morgan fingerprint density at radius 1 is 1.14 bits per heavy atom. The topological polar surface area (TPSA) is 133 Å². The van der Waals surface area contributed by atoms with E-state index in [4.69, 9.17) is 9.47 Å². The Kier molecular flexibility index (Phi) is 12.8. The van der Waals surface area contributed by atoms with Gasteiger partial charge in [0.15, 0.2) is 0 Å². The van der Waals surface area contributed by atoms with E-state index in [1.54, 1.807) is 66.5 Å². The van der Waals surface area contributed by atoms with Gasteiger partial charge in [-0.25, -0.2) is 4.79 Å². The van der Waals surface area contributed by atoms with Crippen LogP contribution in [0.4, 0.5) is 10.5 Å². The van der Waals surface area contributed by atoms with Gasteiger partial charge in [-0.2, -0.15) is 0 Å². The van der Waals surface area contributed by atoms with Gasteiger partial charge >= 0.3 is 6.03 Å². The van der Waals surface area contributed by atoms with Crippen molar-refractivity contribution in [3.8, 4) is 5.75 Å². The molecule has 3 N–H and O–H groups in total. The number of aliphatic hydroxyl groups is 1. The molecule has 0 radical (unpaired) electrons. The minimum Gasteiger partial charge on any atom is -0.490 e. The lowest BCUT2D eigenvalue weighted by molar-refractivity contribution is -0.0149. The zero-order valence-electron chi connectivity index (χ0n) is 26.2. The number of aliphatic hydroxyl groups excluding tert-OH is 1. The van der Waals surface area contributed by atoms with Gasteiger partial charge in [0.25, 0.3) is 11.8 Å². The molecule has 4 amide bonds. The third-order valence-corrected chi connectivity index (χ3v) is 7.46. The summed E-state index contributed by atoms with van der Waals surface area (Å²) in [5, 5.41) is 15.7. The monoisotopic (exact) mass is 597 g/mol. The molecule has 1 aliphatic heterocycles. The third-order valence-electron chi connectivity index (χ3n) is 7.46. The maximum Gasteiger partial charge on any atom is 0.319 e. The Hall–Kier alpha value is -3.70. The van der Waals surface area contributed by atoms with Gasteiger partial charge in [-0.1, -0.05) is 6.92 Å². The molecule has 1 aliphatic rings. The number of carbonyl (C=O) groups is 3. The maximum absolute atomic E-state index is 14.2. The van der Waals surface area contributed by atoms with Crippen molar-refractivity contribution in [1.29, 1.82) is 0 Å². The number of anilines is 1. The van der Waals surface area contributed by atoms with Crippen molar-refractivity contribution in [2.45, 2.75) is 78.2 Å². The predicted octanol–water partition coefficient (Wildman–Crippen LogP) is 4.18. The van der Waals surface area contributed by atoms with Crippen LogP contribution in [0.15, 0.2) is 42.7 Å². The van der Waals surface area contributed by atoms with E-state index in [0.717, 1.165) is 19.3 Å². The van der Waals surface area contributed by atoms with Crippen LogP contribution in [0.1, 0.15) is 74.6 Å². The number of likely N-dealkylation sites (N-methyl/N-ethyl adjacent to an activating group) is 1. The van der Waals surface area contributed by atoms with Crippen molar-refractivity contribution in [2.75, 3.05) is 38.7 Å². The second kappa shape index (κ2) is 16.2. The Balaban J connectivity index is 1.93. The zero-order valence-corrected chi connectivity index (χ0v) is 26.2. The number of hydrogen-bond donors (Lipinski definition) is 3. The molecule has 11 heteroatoms. The molecule has 2 aromatic rings. The summed E-state index contributed by atoms with van der Waals surface area (Å²) < 4.78 is 12.6. The molecule has 0 fully saturated rings. The van der Waals surface area contributed by atoms with Crippen LogP contribution < -0.4 is 15.4 Å². The molecule has 0 saturated heterocycles. The number of nitrogens with zero attached hydrogens (tertiary/aromatic N) is 3. The number of nitrogens with one attached hydrogen (secondary N) is 2. The van der Waals surface area contributed by atoms with Crippen LogP contribution in [0, 0.1) is 5.92 Å². The SMILES string of the molecule is CC(C)NC(=O)Nc1ccc2c(c1)C(=O)N([C@@H](C)CO)C[C@@H](C)[C@H](CN(C)C(=O)c1ccncc1)OCCCC[C@H](C)O2. The summed E-state index contributed by atoms with van der Waals surface area (Å²) >= 11 is 0. The van der Waals surface area contributed by atoms with Gasteiger partial charge in [-0.15, -0.1) is 0 Å². The summed E-state index contributed by atoms with van der Waals surface area (Å²) in [6, 6.07) is 7.45. The van der Waals surface area contributed by atoms with Crippen molar-refractivity contribution < 1.29 is 29.0 Å². The van der Waals surface area contributed by atoms with Crippen LogP contribution in [0.2, 0.25) is 0 Å². The minimum absolute atomic E-state index is 0.0558. The van der Waals surface area contributed by atoms with E-state index in [2.05, 4.69) is 15.6 Å². The number of urea groups is 1. The third kappa shape index (κ3) is 9.93. The van der Waals surface area contributed by atoms with Crippen molar-refractivity contribution in [2.24, 2.45) is 5.92 Å². The van der Waals surface area contributed by atoms with Crippen molar-refractivity contribution >= 4 is 23.5 Å². The van der Waals surface area contributed by atoms with Crippen LogP contribution in [0.5, 0.6) is 5.75 Å². The Morgan fingerprint density at radius 3 is 2.53 bits per heavy atom. The highest BCUT2D eigenvalue weighted by Crippen LogP contribution is 2.28. The molecule has 43 heavy (non-hydrogen) atoms. The van der Waals surface area contributed by atoms with E-state index in [9.17, 15) is 19.5 Å². The number of ether oxygens (including phenoxy) is 2. The van der Waals surface area contributed by atoms with E-state index in [1.165, 1.54) is 0 Å². The van der Waals surface area contributed by atoms with Crippen LogP contribution in [-0.4, -0.2) is 95.4 Å². The molecule has 11 nitrogen and oxygen atoms in total. The van der Waals surface area contributed by atoms with Crippen molar-refractivity contribution in [1.82, 2.24) is 20.1 Å². The molecule has 0 bridgehead atoms. The largest absolute Gasteiger partial charge is 0.490 e. The highest BCUT2D eigenvalue weighted by molar-refractivity contribution is 5.99. The summed E-state index contributed by atoms with van der Waals surface area (Å²) in [7, 11) is 1.74. The van der Waals surface area contributed by atoms with Gasteiger partial charge in [0.2, 0.25) is 0 Å². The fourth-order valence-corrected chi connectivity index (χ4v) is 4.96. The molecule has 4 atom stereocenters. The lowest BCUT2D eigenvalue weighted by atomic mass is 10.0. The van der Waals surface area contributed by atoms with Gasteiger partial charge in [-0.3, -0.25) is 14.6 Å². The number of hydrogen-bond acceptors (Lipinski definition) is 7. The molecule has 0 aliphatic carbocycles. The first-order valence-corrected chi connectivity index (χ1v) is 15.1. The van der Waals surface area contributed by atoms with Gasteiger partial charge in [0, 0.05) is 62.3 Å². The summed E-state index contributed by atoms with van der Waals surface area (Å²) in [4.78, 5) is 46.9. The van der Waals surface area contributed by atoms with Crippen molar-refractivity contribution in [3.05, 3.63) is 53.9 Å². The number of pyridine rings is 1. The first kappa shape index (κ1) is 33.8. The summed E-state index contributed by atoms with van der Waals surface area (Å²) in [6.07, 6.45) is 5.07. The number of carbonyl (C=O) groups excluding carboxylic acids is 3. The molecule has 1 aromatic carbocycles. The minimum atomic E-state index is -0.509. The van der Waals surface area contributed by atoms with Gasteiger partial charge in [0.05, 0.1) is 30.4 Å². The molecular formula is C32H47N5O6. The fraction of sp³-hybridized carbons (Fsp3) is 0.562. The molecule has 236 valence electrons. The lowest BCUT2D eigenvalue weighted by Gasteiger charge is -2.36. The first-order chi connectivity index (χ1) is 20.5. The quantitative estimate of drug-likeness (QED) is 0.436. The molecule has 0 unspecified atom stereocenters. The number of rotatable bonds is 7. The molecule has 1 aromatic heterocycles. The van der Waals surface area contributed by atoms with E-state index >= 15 is 0 Å². The standard InChI is InChI=1S/C32H47N5O6/c1-21(2)34-32(41)35-26-10-11-28-27(17-26)31(40)37(23(4)20-38)18-22(3)29(42-16-8-7-9-24(5)43-28)19-36(6)30(39)25-12-14-33-15-13-25/h10-15,17,21-24,29,38H,7-9,16,18-20H2,1-6H3,(H2,34,35,41)/t22-,23+,24+,29+/m1/s1. The van der Waals surface area contributed by atoms with E-state index in [0.29, 0.717) is 35.7 Å². The summed E-state index contributed by atoms with van der Waals surface area (Å²) in [5.74, 6) is -0.242. The van der Waals surface area contributed by atoms with E-state index < -0.39 is 6.04 Å². The zero-order chi connectivity index (χ0) is 31.5. The molecule has 2 heterocycles. The van der Waals surface area contributed by atoms with Crippen LogP contribution >= 0.6 is 0 Å². The van der Waals surface area contributed by atoms with Gasteiger partial charge < -0.3 is 35.0 Å². The number of amides is 4. The van der Waals surface area contributed by atoms with E-state index in [1.807, 2.05) is 27.7 Å². The number of benzene rings is 1. The molecule has 0 saturated carbocycles. The Morgan fingerprint density at radius 2 is 1.86 bits per heavy atom. The second-order valence-electron chi connectivity index (χ2n) is 11.7. The van der Waals surface area contributed by atoms with Gasteiger partial charge in [-0.05, 0) is 77.3 Å². The molecule has 0 spiro atoms. The highest BCUT2D eigenvalue weighted by atomic mass is 16.5. The molecular weight excluding hydrogens is 550 g/mol. The average molecular weight is 598 g/mol. The maximum atomic E-state index is 14.2. The summed E-state index contributed by atoms with van der Waals surface area (Å²) in [5.41, 5.74) is 1.28. The highest BCUT2D eigenvalue weighted by Gasteiger charge is 2.31. The fourth-order valence-electron chi connectivity index (χ4n) is 4.96. The normalized spacial score (nSPS) is 20.8. The van der Waals surface area contributed by atoms with Gasteiger partial charge in [0.1, 0.15) is 5.75 Å². The Bertz CT molecular complexity index is 1210. The number of aromatic nitrogens is 1. The van der Waals surface area contributed by atoms with Crippen LogP contribution in [0.25, 0.3) is 0 Å². The van der Waals surface area contributed by atoms with E-state index in [-0.39, 0.29) is 55.2 Å². The first-order valence-electron chi connectivity index (χ1n) is 15.1.